The Morgan fingerprint density at radius 2 is 1.36 bits per heavy atom. The highest BCUT2D eigenvalue weighted by Crippen LogP contribution is 2.63. The van der Waals surface area contributed by atoms with Crippen LogP contribution in [0.3, 0.4) is 0 Å². The Morgan fingerprint density at radius 3 is 1.94 bits per heavy atom. The SMILES string of the molecule is CCOP(=O)(OCC)C(Nc1cc(OC)cc(OC)c1)c1oc2cc(OC)c(OCc3ccccc3)cc2c1-c1ccc(OC)cc1. The van der Waals surface area contributed by atoms with Gasteiger partial charge in [0.15, 0.2) is 17.3 Å². The Kier molecular flexibility index (Phi) is 11.0. The molecule has 47 heavy (non-hydrogen) atoms. The summed E-state index contributed by atoms with van der Waals surface area (Å²) in [6.45, 7) is 4.14. The summed E-state index contributed by atoms with van der Waals surface area (Å²) in [5.41, 5.74) is 3.50. The van der Waals surface area contributed by atoms with E-state index < -0.39 is 13.4 Å². The molecule has 0 saturated carbocycles. The molecule has 1 atom stereocenters. The van der Waals surface area contributed by atoms with Crippen LogP contribution in [-0.4, -0.2) is 41.7 Å². The Labute approximate surface area is 275 Å². The van der Waals surface area contributed by atoms with Gasteiger partial charge in [-0.25, -0.2) is 0 Å². The van der Waals surface area contributed by atoms with Crippen LogP contribution in [0.25, 0.3) is 22.1 Å². The van der Waals surface area contributed by atoms with Gasteiger partial charge in [0.1, 0.15) is 35.2 Å². The lowest BCUT2D eigenvalue weighted by Crippen LogP contribution is -2.15. The number of anilines is 1. The third kappa shape index (κ3) is 7.52. The molecule has 248 valence electrons. The van der Waals surface area contributed by atoms with Crippen molar-refractivity contribution in [1.82, 2.24) is 0 Å². The standard InChI is InChI=1S/C36H40NO9P/c1-7-44-47(38,45-8-2)36(37-26-18-28(40-4)20-29(19-26)41-5)35-34(25-14-16-27(39-3)17-15-25)30-21-33(32(42-6)22-31(30)46-35)43-23-24-12-10-9-11-13-24/h9-22,36-37H,7-8,23H2,1-6H3. The molecule has 11 heteroatoms. The van der Waals surface area contributed by atoms with E-state index in [0.717, 1.165) is 11.1 Å². The van der Waals surface area contributed by atoms with Crippen molar-refractivity contribution in [2.24, 2.45) is 0 Å². The Balaban J connectivity index is 1.75. The first kappa shape index (κ1) is 33.7. The average Bonchev–Trinajstić information content (AvgIpc) is 3.47. The number of methoxy groups -OCH3 is 4. The predicted octanol–water partition coefficient (Wildman–Crippen LogP) is 9.09. The summed E-state index contributed by atoms with van der Waals surface area (Å²) in [6, 6.07) is 26.3. The van der Waals surface area contributed by atoms with Gasteiger partial charge in [-0.2, -0.15) is 0 Å². The zero-order valence-corrected chi connectivity index (χ0v) is 28.3. The van der Waals surface area contributed by atoms with Crippen LogP contribution in [-0.2, 0) is 20.2 Å². The number of furan rings is 1. The van der Waals surface area contributed by atoms with E-state index in [1.165, 1.54) is 0 Å². The number of nitrogens with one attached hydrogen (secondary N) is 1. The molecule has 0 saturated heterocycles. The molecule has 0 fully saturated rings. The first-order valence-electron chi connectivity index (χ1n) is 15.2. The zero-order chi connectivity index (χ0) is 33.4. The van der Waals surface area contributed by atoms with Gasteiger partial charge in [0.2, 0.25) is 0 Å². The largest absolute Gasteiger partial charge is 0.497 e. The van der Waals surface area contributed by atoms with E-state index in [4.69, 9.17) is 37.1 Å². The van der Waals surface area contributed by atoms with Crippen molar-refractivity contribution < 1.29 is 41.7 Å². The summed E-state index contributed by atoms with van der Waals surface area (Å²) in [5, 5.41) is 4.10. The second-order valence-electron chi connectivity index (χ2n) is 10.4. The van der Waals surface area contributed by atoms with Crippen LogP contribution in [0.5, 0.6) is 28.7 Å². The van der Waals surface area contributed by atoms with Crippen LogP contribution in [0.15, 0.2) is 89.3 Å². The molecule has 0 spiro atoms. The van der Waals surface area contributed by atoms with Gasteiger partial charge in [0.05, 0.1) is 41.7 Å². The minimum absolute atomic E-state index is 0.139. The first-order chi connectivity index (χ1) is 22.9. The van der Waals surface area contributed by atoms with Crippen LogP contribution in [0.1, 0.15) is 31.0 Å². The number of rotatable bonds is 16. The lowest BCUT2D eigenvalue weighted by atomic mass is 10.0. The zero-order valence-electron chi connectivity index (χ0n) is 27.4. The highest BCUT2D eigenvalue weighted by Gasteiger charge is 2.42. The lowest BCUT2D eigenvalue weighted by Gasteiger charge is -2.27. The molecule has 1 N–H and O–H groups in total. The maximum absolute atomic E-state index is 14.7. The highest BCUT2D eigenvalue weighted by atomic mass is 31.2. The van der Waals surface area contributed by atoms with E-state index >= 15 is 0 Å². The molecular formula is C36H40NO9P. The minimum atomic E-state index is -3.94. The lowest BCUT2D eigenvalue weighted by molar-refractivity contribution is 0.212. The smallest absolute Gasteiger partial charge is 0.360 e. The molecule has 5 aromatic rings. The molecule has 0 bridgehead atoms. The van der Waals surface area contributed by atoms with Gasteiger partial charge < -0.3 is 42.5 Å². The molecular weight excluding hydrogens is 621 g/mol. The number of benzene rings is 4. The molecule has 0 amide bonds. The van der Waals surface area contributed by atoms with Crippen LogP contribution in [0.2, 0.25) is 0 Å². The number of hydrogen-bond acceptors (Lipinski definition) is 10. The number of hydrogen-bond donors (Lipinski definition) is 1. The fraction of sp³-hybridized carbons (Fsp3) is 0.278. The molecule has 4 aromatic carbocycles. The molecule has 5 rings (SSSR count). The van der Waals surface area contributed by atoms with Crippen LogP contribution in [0.4, 0.5) is 5.69 Å². The first-order valence-corrected chi connectivity index (χ1v) is 16.8. The van der Waals surface area contributed by atoms with E-state index in [9.17, 15) is 4.57 Å². The number of ether oxygens (including phenoxy) is 5. The molecule has 0 aliphatic rings. The van der Waals surface area contributed by atoms with Gasteiger partial charge in [-0.05, 0) is 43.2 Å². The third-order valence-electron chi connectivity index (χ3n) is 7.45. The van der Waals surface area contributed by atoms with Crippen LogP contribution in [0, 0.1) is 0 Å². The van der Waals surface area contributed by atoms with Crippen molar-refractivity contribution in [2.45, 2.75) is 26.2 Å². The maximum Gasteiger partial charge on any atom is 0.360 e. The monoisotopic (exact) mass is 661 g/mol. The Hall–Kier alpha value is -4.63. The summed E-state index contributed by atoms with van der Waals surface area (Å²) in [4.78, 5) is 0. The molecule has 0 aliphatic carbocycles. The quantitative estimate of drug-likeness (QED) is 0.103. The molecule has 1 aromatic heterocycles. The van der Waals surface area contributed by atoms with E-state index in [0.29, 0.717) is 63.3 Å². The van der Waals surface area contributed by atoms with Gasteiger partial charge >= 0.3 is 7.60 Å². The molecule has 1 heterocycles. The van der Waals surface area contributed by atoms with E-state index in [2.05, 4.69) is 5.32 Å². The third-order valence-corrected chi connectivity index (χ3v) is 9.69. The molecule has 10 nitrogen and oxygen atoms in total. The topological polar surface area (TPSA) is 107 Å². The summed E-state index contributed by atoms with van der Waals surface area (Å²) < 4.78 is 61.7. The van der Waals surface area contributed by atoms with Gasteiger partial charge in [-0.1, -0.05) is 42.5 Å². The summed E-state index contributed by atoms with van der Waals surface area (Å²) in [7, 11) is 2.37. The van der Waals surface area contributed by atoms with Crippen molar-refractivity contribution in [3.05, 3.63) is 96.3 Å². The van der Waals surface area contributed by atoms with Crippen molar-refractivity contribution in [3.8, 4) is 39.9 Å². The van der Waals surface area contributed by atoms with Crippen LogP contribution < -0.4 is 29.0 Å². The van der Waals surface area contributed by atoms with Crippen molar-refractivity contribution >= 4 is 24.3 Å². The van der Waals surface area contributed by atoms with Crippen molar-refractivity contribution in [2.75, 3.05) is 47.0 Å². The van der Waals surface area contributed by atoms with Gasteiger partial charge in [-0.3, -0.25) is 4.57 Å². The summed E-state index contributed by atoms with van der Waals surface area (Å²) in [6.07, 6.45) is 0. The van der Waals surface area contributed by atoms with Crippen molar-refractivity contribution in [1.29, 1.82) is 0 Å². The minimum Gasteiger partial charge on any atom is -0.497 e. The average molecular weight is 662 g/mol. The highest BCUT2D eigenvalue weighted by molar-refractivity contribution is 7.54. The fourth-order valence-electron chi connectivity index (χ4n) is 5.26. The molecule has 0 aliphatic heterocycles. The summed E-state index contributed by atoms with van der Waals surface area (Å²) >= 11 is 0. The normalized spacial score (nSPS) is 12.0. The second kappa shape index (κ2) is 15.3. The second-order valence-corrected chi connectivity index (χ2v) is 12.5. The van der Waals surface area contributed by atoms with Crippen molar-refractivity contribution in [3.63, 3.8) is 0 Å². The Morgan fingerprint density at radius 1 is 0.723 bits per heavy atom. The van der Waals surface area contributed by atoms with E-state index in [1.54, 1.807) is 66.6 Å². The van der Waals surface area contributed by atoms with Crippen LogP contribution >= 0.6 is 7.60 Å². The van der Waals surface area contributed by atoms with Gasteiger partial charge in [-0.15, -0.1) is 0 Å². The molecule has 0 radical (unpaired) electrons. The maximum atomic E-state index is 14.7. The Bertz CT molecular complexity index is 1790. The number of fused-ring (bicyclic) bond motifs is 1. The predicted molar refractivity (Wildman–Crippen MR) is 182 cm³/mol. The molecule has 1 unspecified atom stereocenters. The van der Waals surface area contributed by atoms with Gasteiger partial charge in [0, 0.05) is 40.9 Å². The van der Waals surface area contributed by atoms with Gasteiger partial charge in [0.25, 0.3) is 0 Å². The van der Waals surface area contributed by atoms with E-state index in [1.807, 2.05) is 60.7 Å². The van der Waals surface area contributed by atoms with E-state index in [-0.39, 0.29) is 13.2 Å². The fourth-order valence-corrected chi connectivity index (χ4v) is 7.13. The summed E-state index contributed by atoms with van der Waals surface area (Å²) in [5.74, 6) is 2.00.